The van der Waals surface area contributed by atoms with Crippen molar-refractivity contribution in [3.05, 3.63) is 101 Å². The fourth-order valence-electron chi connectivity index (χ4n) is 3.13. The molecule has 0 unspecified atom stereocenters. The van der Waals surface area contributed by atoms with Crippen molar-refractivity contribution >= 4 is 41.4 Å². The third-order valence-corrected chi connectivity index (χ3v) is 5.71. The van der Waals surface area contributed by atoms with Crippen molar-refractivity contribution < 1.29 is 29.4 Å². The van der Waals surface area contributed by atoms with Gasteiger partial charge in [-0.1, -0.05) is 55.3 Å². The summed E-state index contributed by atoms with van der Waals surface area (Å²) in [6, 6.07) is 22.4. The molecule has 3 aromatic carbocycles. The van der Waals surface area contributed by atoms with Crippen molar-refractivity contribution in [3.63, 3.8) is 0 Å². The minimum Gasteiger partial charge on any atom is -0.480 e. The monoisotopic (exact) mass is 614 g/mol. The Morgan fingerprint density at radius 3 is 1.95 bits per heavy atom. The van der Waals surface area contributed by atoms with E-state index in [9.17, 15) is 19.2 Å². The molecule has 43 heavy (non-hydrogen) atoms. The van der Waals surface area contributed by atoms with Crippen LogP contribution < -0.4 is 22.5 Å². The molecule has 0 spiro atoms. The lowest BCUT2D eigenvalue weighted by molar-refractivity contribution is -0.138. The number of aromatic carboxylic acids is 1. The van der Waals surface area contributed by atoms with Crippen LogP contribution in [0.2, 0.25) is 5.02 Å². The van der Waals surface area contributed by atoms with Crippen LogP contribution >= 0.6 is 11.6 Å². The Hall–Kier alpha value is -4.09. The van der Waals surface area contributed by atoms with Crippen LogP contribution in [0.1, 0.15) is 65.3 Å². The Labute approximate surface area is 258 Å². The maximum absolute atomic E-state index is 11.2. The Kier molecular flexibility index (Phi) is 22.2. The summed E-state index contributed by atoms with van der Waals surface area (Å²) < 4.78 is 0. The summed E-state index contributed by atoms with van der Waals surface area (Å²) in [5.74, 6) is -1.86. The SMILES string of the molecule is CCCC(=O)Nc1ccc(C=O)cc1.NCCCC[C@H](N)C(=O)O.NCCc1ccccc1.O=C(O)c1ccc(Cl)cc1. The molecular weight excluding hydrogens is 572 g/mol. The fourth-order valence-corrected chi connectivity index (χ4v) is 3.26. The fraction of sp³-hybridized carbons (Fsp3) is 0.312. The summed E-state index contributed by atoms with van der Waals surface area (Å²) >= 11 is 5.52. The number of unbranched alkanes of at least 4 members (excludes halogenated alkanes) is 1. The average molecular weight is 615 g/mol. The minimum absolute atomic E-state index is 0.00588. The van der Waals surface area contributed by atoms with Gasteiger partial charge in [0.05, 0.1) is 5.56 Å². The molecule has 0 bridgehead atoms. The lowest BCUT2D eigenvalue weighted by atomic mass is 10.1. The Morgan fingerprint density at radius 1 is 0.884 bits per heavy atom. The van der Waals surface area contributed by atoms with Gasteiger partial charge in [-0.05, 0) is 92.9 Å². The lowest BCUT2D eigenvalue weighted by Gasteiger charge is -2.03. The summed E-state index contributed by atoms with van der Waals surface area (Å²) in [4.78, 5) is 41.9. The van der Waals surface area contributed by atoms with Gasteiger partial charge in [-0.3, -0.25) is 14.4 Å². The number of aliphatic carboxylic acids is 1. The molecule has 0 aliphatic carbocycles. The van der Waals surface area contributed by atoms with Crippen LogP contribution in [0.4, 0.5) is 5.69 Å². The van der Waals surface area contributed by atoms with E-state index >= 15 is 0 Å². The number of hydrogen-bond donors (Lipinski definition) is 6. The molecule has 3 rings (SSSR count). The highest BCUT2D eigenvalue weighted by molar-refractivity contribution is 6.30. The molecule has 0 aromatic heterocycles. The van der Waals surface area contributed by atoms with Crippen LogP contribution in [0.5, 0.6) is 0 Å². The van der Waals surface area contributed by atoms with Gasteiger partial charge in [0.1, 0.15) is 12.3 Å². The van der Waals surface area contributed by atoms with Crippen LogP contribution in [-0.4, -0.2) is 53.5 Å². The number of carbonyl (C=O) groups excluding carboxylic acids is 2. The second-order valence-electron chi connectivity index (χ2n) is 9.10. The molecule has 0 fully saturated rings. The summed E-state index contributed by atoms with van der Waals surface area (Å²) in [5.41, 5.74) is 18.7. The summed E-state index contributed by atoms with van der Waals surface area (Å²) in [6.07, 6.45) is 5.28. The molecular formula is C32H43ClN4O6. The predicted octanol–water partition coefficient (Wildman–Crippen LogP) is 4.99. The topological polar surface area (TPSA) is 199 Å². The smallest absolute Gasteiger partial charge is 0.335 e. The van der Waals surface area contributed by atoms with E-state index in [1.54, 1.807) is 36.4 Å². The first-order valence-corrected chi connectivity index (χ1v) is 14.2. The number of halogens is 1. The first kappa shape index (κ1) is 38.9. The number of amides is 1. The molecule has 0 radical (unpaired) electrons. The number of nitrogens with two attached hydrogens (primary N) is 3. The second-order valence-corrected chi connectivity index (χ2v) is 9.54. The van der Waals surface area contributed by atoms with E-state index in [4.69, 9.17) is 39.0 Å². The maximum Gasteiger partial charge on any atom is 0.335 e. The van der Waals surface area contributed by atoms with Gasteiger partial charge in [0.15, 0.2) is 0 Å². The van der Waals surface area contributed by atoms with Gasteiger partial charge in [-0.2, -0.15) is 0 Å². The zero-order valence-corrected chi connectivity index (χ0v) is 25.2. The van der Waals surface area contributed by atoms with Crippen molar-refractivity contribution in [2.75, 3.05) is 18.4 Å². The average Bonchev–Trinajstić information content (AvgIpc) is 2.99. The van der Waals surface area contributed by atoms with Gasteiger partial charge in [-0.25, -0.2) is 4.79 Å². The first-order chi connectivity index (χ1) is 20.6. The number of carboxylic acid groups (broad SMARTS) is 2. The molecule has 9 N–H and O–H groups in total. The van der Waals surface area contributed by atoms with Crippen molar-refractivity contribution in [1.82, 2.24) is 0 Å². The highest BCUT2D eigenvalue weighted by Crippen LogP contribution is 2.09. The van der Waals surface area contributed by atoms with Crippen LogP contribution in [0, 0.1) is 0 Å². The zero-order valence-electron chi connectivity index (χ0n) is 24.5. The van der Waals surface area contributed by atoms with Gasteiger partial charge in [0.2, 0.25) is 5.91 Å². The maximum atomic E-state index is 11.2. The lowest BCUT2D eigenvalue weighted by Crippen LogP contribution is -2.29. The standard InChI is InChI=1S/C11H13NO2.C8H11N.C7H5ClO2.C6H14N2O2/c1-2-3-11(14)12-10-6-4-9(8-13)5-7-10;9-7-6-8-4-2-1-3-5-8;8-6-3-1-5(2-4-6)7(9)10;7-4-2-1-3-5(8)6(9)10/h4-8H,2-3H2,1H3,(H,12,14);1-5H,6-7,9H2;1-4H,(H,9,10);5H,1-4,7-8H2,(H,9,10)/t;;;5-/m...0/s1. The number of rotatable bonds is 12. The van der Waals surface area contributed by atoms with Gasteiger partial charge in [-0.15, -0.1) is 0 Å². The summed E-state index contributed by atoms with van der Waals surface area (Å²) in [7, 11) is 0. The molecule has 10 nitrogen and oxygen atoms in total. The van der Waals surface area contributed by atoms with Gasteiger partial charge < -0.3 is 32.7 Å². The number of anilines is 1. The second kappa shape index (κ2) is 24.5. The Bertz CT molecular complexity index is 1190. The quantitative estimate of drug-likeness (QED) is 0.120. The molecule has 1 amide bonds. The van der Waals surface area contributed by atoms with E-state index in [-0.39, 0.29) is 11.5 Å². The predicted molar refractivity (Wildman–Crippen MR) is 171 cm³/mol. The molecule has 11 heteroatoms. The molecule has 234 valence electrons. The number of nitrogens with one attached hydrogen (secondary N) is 1. The molecule has 0 saturated carbocycles. The number of aldehydes is 1. The number of hydrogen-bond acceptors (Lipinski definition) is 7. The Balaban J connectivity index is 0.000000556. The third-order valence-electron chi connectivity index (χ3n) is 5.46. The minimum atomic E-state index is -0.934. The molecule has 0 saturated heterocycles. The van der Waals surface area contributed by atoms with E-state index in [1.807, 2.05) is 25.1 Å². The van der Waals surface area contributed by atoms with Gasteiger partial charge >= 0.3 is 11.9 Å². The van der Waals surface area contributed by atoms with E-state index in [1.165, 1.54) is 17.7 Å². The van der Waals surface area contributed by atoms with E-state index in [0.717, 1.165) is 44.2 Å². The van der Waals surface area contributed by atoms with Crippen LogP contribution in [0.25, 0.3) is 0 Å². The van der Waals surface area contributed by atoms with Gasteiger partial charge in [0, 0.05) is 22.7 Å². The highest BCUT2D eigenvalue weighted by Gasteiger charge is 2.09. The van der Waals surface area contributed by atoms with E-state index < -0.39 is 18.0 Å². The molecule has 3 aromatic rings. The number of carbonyl (C=O) groups is 4. The zero-order chi connectivity index (χ0) is 32.5. The van der Waals surface area contributed by atoms with Crippen LogP contribution in [0.15, 0.2) is 78.9 Å². The Morgan fingerprint density at radius 2 is 1.49 bits per heavy atom. The third kappa shape index (κ3) is 20.4. The van der Waals surface area contributed by atoms with E-state index in [2.05, 4.69) is 17.4 Å². The molecule has 0 heterocycles. The van der Waals surface area contributed by atoms with Crippen molar-refractivity contribution in [2.45, 2.75) is 51.5 Å². The van der Waals surface area contributed by atoms with Gasteiger partial charge in [0.25, 0.3) is 0 Å². The molecule has 1 atom stereocenters. The first-order valence-electron chi connectivity index (χ1n) is 13.8. The molecule has 0 aliphatic rings. The highest BCUT2D eigenvalue weighted by atomic mass is 35.5. The number of benzene rings is 3. The van der Waals surface area contributed by atoms with Crippen molar-refractivity contribution in [1.29, 1.82) is 0 Å². The van der Waals surface area contributed by atoms with Crippen LogP contribution in [0.3, 0.4) is 0 Å². The van der Waals surface area contributed by atoms with Crippen LogP contribution in [-0.2, 0) is 16.0 Å². The van der Waals surface area contributed by atoms with Crippen molar-refractivity contribution in [2.24, 2.45) is 17.2 Å². The van der Waals surface area contributed by atoms with Crippen molar-refractivity contribution in [3.8, 4) is 0 Å². The largest absolute Gasteiger partial charge is 0.480 e. The van der Waals surface area contributed by atoms with E-state index in [0.29, 0.717) is 30.0 Å². The normalized spacial score (nSPS) is 10.3. The summed E-state index contributed by atoms with van der Waals surface area (Å²) in [5, 5.41) is 20.0. The number of carboxylic acids is 2. The molecule has 0 aliphatic heterocycles. The summed E-state index contributed by atoms with van der Waals surface area (Å²) in [6.45, 7) is 3.30.